The van der Waals surface area contributed by atoms with E-state index >= 15 is 0 Å². The molecule has 2 aliphatic heterocycles. The van der Waals surface area contributed by atoms with Gasteiger partial charge in [0.2, 0.25) is 0 Å². The molecule has 13 heavy (non-hydrogen) atoms. The first-order chi connectivity index (χ1) is 5.86. The number of hydrogen-bond donors (Lipinski definition) is 1. The van der Waals surface area contributed by atoms with Crippen molar-refractivity contribution in [3.8, 4) is 0 Å². The van der Waals surface area contributed by atoms with Crippen molar-refractivity contribution in [1.82, 2.24) is 10.2 Å². The molecule has 2 saturated heterocycles. The van der Waals surface area contributed by atoms with Crippen LogP contribution in [0.2, 0.25) is 0 Å². The minimum absolute atomic E-state index is 0. The van der Waals surface area contributed by atoms with Crippen molar-refractivity contribution in [2.45, 2.75) is 25.4 Å². The third-order valence-corrected chi connectivity index (χ3v) is 3.97. The van der Waals surface area contributed by atoms with Gasteiger partial charge >= 0.3 is 0 Å². The van der Waals surface area contributed by atoms with E-state index in [1.807, 2.05) is 0 Å². The van der Waals surface area contributed by atoms with Crippen LogP contribution in [0.15, 0.2) is 0 Å². The van der Waals surface area contributed by atoms with Crippen LogP contribution in [-0.4, -0.2) is 48.1 Å². The molecular formula is C9H19ClN2S. The highest BCUT2D eigenvalue weighted by Crippen LogP contribution is 2.22. The van der Waals surface area contributed by atoms with E-state index in [1.54, 1.807) is 0 Å². The van der Waals surface area contributed by atoms with Gasteiger partial charge in [0.15, 0.2) is 0 Å². The lowest BCUT2D eigenvalue weighted by atomic mass is 10.1. The van der Waals surface area contributed by atoms with Crippen LogP contribution in [0.3, 0.4) is 0 Å². The minimum Gasteiger partial charge on any atom is -0.312 e. The molecule has 2 nitrogen and oxygen atoms in total. The van der Waals surface area contributed by atoms with E-state index in [9.17, 15) is 0 Å². The molecule has 1 unspecified atom stereocenters. The summed E-state index contributed by atoms with van der Waals surface area (Å²) in [6.45, 7) is 5.98. The molecule has 0 aromatic carbocycles. The quantitative estimate of drug-likeness (QED) is 0.718. The van der Waals surface area contributed by atoms with Gasteiger partial charge in [-0.05, 0) is 19.1 Å². The van der Waals surface area contributed by atoms with Crippen molar-refractivity contribution in [2.75, 3.05) is 31.1 Å². The Kier molecular flexibility index (Phi) is 4.87. The summed E-state index contributed by atoms with van der Waals surface area (Å²) in [5.41, 5.74) is 0. The van der Waals surface area contributed by atoms with E-state index < -0.39 is 0 Å². The van der Waals surface area contributed by atoms with Crippen molar-refractivity contribution in [2.24, 2.45) is 0 Å². The van der Waals surface area contributed by atoms with E-state index in [4.69, 9.17) is 0 Å². The number of hydrogen-bond acceptors (Lipinski definition) is 3. The molecule has 2 aliphatic rings. The molecule has 1 N–H and O–H groups in total. The Hall–Kier alpha value is 0.560. The summed E-state index contributed by atoms with van der Waals surface area (Å²) >= 11 is 2.11. The molecule has 2 rings (SSSR count). The van der Waals surface area contributed by atoms with Crippen molar-refractivity contribution < 1.29 is 0 Å². The minimum atomic E-state index is 0. The average molecular weight is 223 g/mol. The van der Waals surface area contributed by atoms with Gasteiger partial charge in [0.1, 0.15) is 0 Å². The molecule has 2 atom stereocenters. The topological polar surface area (TPSA) is 15.3 Å². The molecule has 4 heteroatoms. The van der Waals surface area contributed by atoms with Crippen molar-refractivity contribution in [3.63, 3.8) is 0 Å². The van der Waals surface area contributed by atoms with E-state index in [2.05, 4.69) is 28.9 Å². The van der Waals surface area contributed by atoms with Gasteiger partial charge in [-0.3, -0.25) is 4.90 Å². The lowest BCUT2D eigenvalue weighted by Gasteiger charge is -2.35. The maximum Gasteiger partial charge on any atom is 0.0195 e. The second kappa shape index (κ2) is 5.44. The maximum atomic E-state index is 3.49. The molecule has 0 saturated carbocycles. The second-order valence-electron chi connectivity index (χ2n) is 3.87. The highest BCUT2D eigenvalue weighted by atomic mass is 35.5. The van der Waals surface area contributed by atoms with Gasteiger partial charge in [-0.15, -0.1) is 12.4 Å². The van der Waals surface area contributed by atoms with Crippen molar-refractivity contribution in [3.05, 3.63) is 0 Å². The molecule has 0 spiro atoms. The Morgan fingerprint density at radius 1 is 1.46 bits per heavy atom. The monoisotopic (exact) mass is 222 g/mol. The van der Waals surface area contributed by atoms with Gasteiger partial charge in [-0.25, -0.2) is 0 Å². The number of nitrogens with zero attached hydrogens (tertiary/aromatic N) is 1. The summed E-state index contributed by atoms with van der Waals surface area (Å²) in [6, 6.07) is 1.59. The van der Waals surface area contributed by atoms with Gasteiger partial charge in [0.25, 0.3) is 0 Å². The Bertz CT molecular complexity index is 151. The molecule has 0 aliphatic carbocycles. The Morgan fingerprint density at radius 2 is 2.31 bits per heavy atom. The molecule has 0 amide bonds. The SMILES string of the molecule is C[C@@H]1CN(C2CCSC2)CCN1.Cl. The fourth-order valence-electron chi connectivity index (χ4n) is 2.10. The number of piperazine rings is 1. The molecule has 0 bridgehead atoms. The zero-order valence-corrected chi connectivity index (χ0v) is 9.79. The van der Waals surface area contributed by atoms with Gasteiger partial charge < -0.3 is 5.32 Å². The first-order valence-corrected chi connectivity index (χ1v) is 6.07. The summed E-state index contributed by atoms with van der Waals surface area (Å²) < 4.78 is 0. The van der Waals surface area contributed by atoms with Crippen LogP contribution >= 0.6 is 24.2 Å². The third kappa shape index (κ3) is 3.01. The predicted octanol–water partition coefficient (Wildman–Crippen LogP) is 1.21. The molecule has 0 aromatic rings. The van der Waals surface area contributed by atoms with Crippen LogP contribution in [0.25, 0.3) is 0 Å². The highest BCUT2D eigenvalue weighted by molar-refractivity contribution is 7.99. The normalized spacial score (nSPS) is 35.8. The first kappa shape index (κ1) is 11.6. The lowest BCUT2D eigenvalue weighted by molar-refractivity contribution is 0.161. The predicted molar refractivity (Wildman–Crippen MR) is 62.0 cm³/mol. The largest absolute Gasteiger partial charge is 0.312 e. The molecule has 78 valence electrons. The summed E-state index contributed by atoms with van der Waals surface area (Å²) in [5.74, 6) is 2.75. The maximum absolute atomic E-state index is 3.49. The lowest BCUT2D eigenvalue weighted by Crippen LogP contribution is -2.52. The first-order valence-electron chi connectivity index (χ1n) is 4.91. The van der Waals surface area contributed by atoms with E-state index in [0.29, 0.717) is 6.04 Å². The van der Waals surface area contributed by atoms with Crippen molar-refractivity contribution in [1.29, 1.82) is 0 Å². The molecular weight excluding hydrogens is 204 g/mol. The molecule has 2 fully saturated rings. The highest BCUT2D eigenvalue weighted by Gasteiger charge is 2.25. The van der Waals surface area contributed by atoms with E-state index in [1.165, 1.54) is 37.6 Å². The van der Waals surface area contributed by atoms with Gasteiger partial charge in [0, 0.05) is 37.5 Å². The van der Waals surface area contributed by atoms with E-state index in [-0.39, 0.29) is 12.4 Å². The number of halogens is 1. The summed E-state index contributed by atoms with van der Waals surface area (Å²) in [6.07, 6.45) is 1.41. The van der Waals surface area contributed by atoms with Crippen LogP contribution in [-0.2, 0) is 0 Å². The zero-order chi connectivity index (χ0) is 8.39. The summed E-state index contributed by atoms with van der Waals surface area (Å²) in [5, 5.41) is 3.49. The van der Waals surface area contributed by atoms with Gasteiger partial charge in [-0.2, -0.15) is 11.8 Å². The van der Waals surface area contributed by atoms with Crippen LogP contribution in [0, 0.1) is 0 Å². The summed E-state index contributed by atoms with van der Waals surface area (Å²) in [7, 11) is 0. The molecule has 0 aromatic heterocycles. The van der Waals surface area contributed by atoms with Gasteiger partial charge in [-0.1, -0.05) is 0 Å². The van der Waals surface area contributed by atoms with Crippen LogP contribution in [0.5, 0.6) is 0 Å². The molecule has 0 radical (unpaired) electrons. The third-order valence-electron chi connectivity index (χ3n) is 2.82. The smallest absolute Gasteiger partial charge is 0.0195 e. The van der Waals surface area contributed by atoms with Gasteiger partial charge in [0.05, 0.1) is 0 Å². The number of nitrogens with one attached hydrogen (secondary N) is 1. The average Bonchev–Trinajstić information content (AvgIpc) is 2.56. The Balaban J connectivity index is 0.000000845. The number of thioether (sulfide) groups is 1. The molecule has 2 heterocycles. The fraction of sp³-hybridized carbons (Fsp3) is 1.00. The fourth-order valence-corrected chi connectivity index (χ4v) is 3.36. The number of rotatable bonds is 1. The Labute approximate surface area is 91.2 Å². The second-order valence-corrected chi connectivity index (χ2v) is 5.02. The summed E-state index contributed by atoms with van der Waals surface area (Å²) in [4.78, 5) is 2.67. The van der Waals surface area contributed by atoms with Crippen LogP contribution in [0.1, 0.15) is 13.3 Å². The standard InChI is InChI=1S/C9H18N2S.ClH/c1-8-6-11(4-3-10-8)9-2-5-12-7-9;/h8-10H,2-7H2,1H3;1H/t8-,9?;/m1./s1. The van der Waals surface area contributed by atoms with E-state index in [0.717, 1.165) is 6.04 Å². The van der Waals surface area contributed by atoms with Crippen LogP contribution in [0.4, 0.5) is 0 Å². The van der Waals surface area contributed by atoms with Crippen molar-refractivity contribution >= 4 is 24.2 Å². The van der Waals surface area contributed by atoms with Crippen LogP contribution < -0.4 is 5.32 Å². The zero-order valence-electron chi connectivity index (χ0n) is 8.16. The Morgan fingerprint density at radius 3 is 2.92 bits per heavy atom.